The summed E-state index contributed by atoms with van der Waals surface area (Å²) in [6.07, 6.45) is 0. The molecule has 0 heterocycles. The minimum absolute atomic E-state index is 0.143. The molecule has 0 radical (unpaired) electrons. The summed E-state index contributed by atoms with van der Waals surface area (Å²) in [5.74, 6) is -1.06. The third-order valence-electron chi connectivity index (χ3n) is 3.57. The molecule has 25 heavy (non-hydrogen) atoms. The largest absolute Gasteiger partial charge is 0.494 e. The summed E-state index contributed by atoms with van der Waals surface area (Å²) in [5, 5.41) is 5.25. The van der Waals surface area contributed by atoms with Crippen molar-refractivity contribution in [2.45, 2.75) is 13.0 Å². The van der Waals surface area contributed by atoms with E-state index >= 15 is 0 Å². The molecule has 0 saturated carbocycles. The van der Waals surface area contributed by atoms with Gasteiger partial charge in [-0.15, -0.1) is 0 Å². The molecular weight excluding hydrogens is 391 g/mol. The van der Waals surface area contributed by atoms with E-state index in [4.69, 9.17) is 4.74 Å². The number of halogens is 2. The van der Waals surface area contributed by atoms with Gasteiger partial charge < -0.3 is 15.4 Å². The second-order valence-corrected chi connectivity index (χ2v) is 6.29. The zero-order chi connectivity index (χ0) is 18.4. The van der Waals surface area contributed by atoms with E-state index in [1.807, 2.05) is 0 Å². The fraction of sp³-hybridized carbons (Fsp3) is 0.222. The van der Waals surface area contributed by atoms with Crippen LogP contribution in [0, 0.1) is 5.82 Å². The van der Waals surface area contributed by atoms with Crippen LogP contribution in [-0.2, 0) is 4.79 Å². The van der Waals surface area contributed by atoms with E-state index in [-0.39, 0.29) is 24.1 Å². The maximum absolute atomic E-state index is 13.7. The SMILES string of the molecule is COc1ccc([C@H](C)NC(=O)CNC(=O)c2ccc(Br)cc2)cc1F. The van der Waals surface area contributed by atoms with E-state index in [1.165, 1.54) is 19.2 Å². The second kappa shape index (κ2) is 8.62. The van der Waals surface area contributed by atoms with Crippen molar-refractivity contribution in [3.05, 3.63) is 63.9 Å². The molecule has 2 rings (SSSR count). The van der Waals surface area contributed by atoms with Gasteiger partial charge in [0.25, 0.3) is 5.91 Å². The van der Waals surface area contributed by atoms with Gasteiger partial charge in [-0.05, 0) is 48.9 Å². The van der Waals surface area contributed by atoms with Gasteiger partial charge in [0, 0.05) is 10.0 Å². The van der Waals surface area contributed by atoms with Crippen molar-refractivity contribution in [3.63, 3.8) is 0 Å². The first-order valence-electron chi connectivity index (χ1n) is 7.57. The molecule has 0 bridgehead atoms. The van der Waals surface area contributed by atoms with Crippen molar-refractivity contribution < 1.29 is 18.7 Å². The van der Waals surface area contributed by atoms with Crippen molar-refractivity contribution in [1.82, 2.24) is 10.6 Å². The molecule has 0 fully saturated rings. The number of methoxy groups -OCH3 is 1. The number of carbonyl (C=O) groups excluding carboxylic acids is 2. The van der Waals surface area contributed by atoms with E-state index < -0.39 is 11.9 Å². The quantitative estimate of drug-likeness (QED) is 0.770. The maximum atomic E-state index is 13.7. The summed E-state index contributed by atoms with van der Waals surface area (Å²) in [6, 6.07) is 10.9. The number of carbonyl (C=O) groups is 2. The van der Waals surface area contributed by atoms with Crippen LogP contribution in [0.2, 0.25) is 0 Å². The highest BCUT2D eigenvalue weighted by molar-refractivity contribution is 9.10. The van der Waals surface area contributed by atoms with Gasteiger partial charge in [-0.25, -0.2) is 4.39 Å². The number of hydrogen-bond donors (Lipinski definition) is 2. The topological polar surface area (TPSA) is 67.4 Å². The molecule has 0 aromatic heterocycles. The number of rotatable bonds is 6. The van der Waals surface area contributed by atoms with Crippen LogP contribution < -0.4 is 15.4 Å². The van der Waals surface area contributed by atoms with Crippen molar-refractivity contribution in [3.8, 4) is 5.75 Å². The van der Waals surface area contributed by atoms with Crippen molar-refractivity contribution in [2.75, 3.05) is 13.7 Å². The summed E-state index contributed by atoms with van der Waals surface area (Å²) in [4.78, 5) is 23.9. The van der Waals surface area contributed by atoms with Gasteiger partial charge in [0.1, 0.15) is 0 Å². The number of ether oxygens (including phenoxy) is 1. The van der Waals surface area contributed by atoms with Crippen LogP contribution in [0.25, 0.3) is 0 Å². The Labute approximate surface area is 153 Å². The molecule has 7 heteroatoms. The van der Waals surface area contributed by atoms with Crippen LogP contribution in [0.4, 0.5) is 4.39 Å². The van der Waals surface area contributed by atoms with E-state index in [2.05, 4.69) is 26.6 Å². The molecule has 0 aliphatic rings. The average molecular weight is 409 g/mol. The standard InChI is InChI=1S/C18H18BrFN2O3/c1-11(13-5-8-16(25-2)15(20)9-13)22-17(23)10-21-18(24)12-3-6-14(19)7-4-12/h3-9,11H,10H2,1-2H3,(H,21,24)(H,22,23)/t11-/m0/s1. The fourth-order valence-electron chi connectivity index (χ4n) is 2.19. The minimum atomic E-state index is -0.496. The van der Waals surface area contributed by atoms with Crippen LogP contribution >= 0.6 is 15.9 Å². The van der Waals surface area contributed by atoms with Crippen molar-refractivity contribution in [1.29, 1.82) is 0 Å². The predicted octanol–water partition coefficient (Wildman–Crippen LogP) is 3.20. The summed E-state index contributed by atoms with van der Waals surface area (Å²) >= 11 is 3.29. The molecule has 2 amide bonds. The lowest BCUT2D eigenvalue weighted by atomic mass is 10.1. The molecule has 2 aromatic carbocycles. The predicted molar refractivity (Wildman–Crippen MR) is 96.0 cm³/mol. The molecule has 2 aromatic rings. The molecule has 0 unspecified atom stereocenters. The number of benzene rings is 2. The Morgan fingerprint density at radius 1 is 1.20 bits per heavy atom. The van der Waals surface area contributed by atoms with E-state index in [0.717, 1.165) is 4.47 Å². The second-order valence-electron chi connectivity index (χ2n) is 5.37. The van der Waals surface area contributed by atoms with Crippen LogP contribution in [0.15, 0.2) is 46.9 Å². The molecule has 1 atom stereocenters. The lowest BCUT2D eigenvalue weighted by molar-refractivity contribution is -0.120. The van der Waals surface area contributed by atoms with E-state index in [0.29, 0.717) is 11.1 Å². The molecule has 0 spiro atoms. The lowest BCUT2D eigenvalue weighted by Crippen LogP contribution is -2.38. The van der Waals surface area contributed by atoms with E-state index in [1.54, 1.807) is 37.3 Å². The Hall–Kier alpha value is -2.41. The molecular formula is C18H18BrFN2O3. The zero-order valence-electron chi connectivity index (χ0n) is 13.8. The molecule has 132 valence electrons. The van der Waals surface area contributed by atoms with Gasteiger partial charge in [0.2, 0.25) is 5.91 Å². The van der Waals surface area contributed by atoms with E-state index in [9.17, 15) is 14.0 Å². The average Bonchev–Trinajstić information content (AvgIpc) is 2.60. The smallest absolute Gasteiger partial charge is 0.251 e. The van der Waals surface area contributed by atoms with Crippen LogP contribution in [0.3, 0.4) is 0 Å². The molecule has 0 aliphatic carbocycles. The van der Waals surface area contributed by atoms with Gasteiger partial charge in [0.15, 0.2) is 11.6 Å². The van der Waals surface area contributed by atoms with Gasteiger partial charge in [-0.3, -0.25) is 9.59 Å². The fourth-order valence-corrected chi connectivity index (χ4v) is 2.46. The first-order valence-corrected chi connectivity index (χ1v) is 8.36. The highest BCUT2D eigenvalue weighted by atomic mass is 79.9. The van der Waals surface area contributed by atoms with Crippen molar-refractivity contribution in [2.24, 2.45) is 0 Å². The molecule has 0 aliphatic heterocycles. The summed E-state index contributed by atoms with van der Waals surface area (Å²) < 4.78 is 19.4. The Balaban J connectivity index is 1.88. The van der Waals surface area contributed by atoms with Crippen LogP contribution in [0.5, 0.6) is 5.75 Å². The van der Waals surface area contributed by atoms with Gasteiger partial charge in [-0.1, -0.05) is 22.0 Å². The lowest BCUT2D eigenvalue weighted by Gasteiger charge is -2.15. The Kier molecular flexibility index (Phi) is 6.52. The summed E-state index contributed by atoms with van der Waals surface area (Å²) in [6.45, 7) is 1.56. The minimum Gasteiger partial charge on any atom is -0.494 e. The highest BCUT2D eigenvalue weighted by Gasteiger charge is 2.13. The summed E-state index contributed by atoms with van der Waals surface area (Å²) in [7, 11) is 1.39. The highest BCUT2D eigenvalue weighted by Crippen LogP contribution is 2.21. The number of hydrogen-bond acceptors (Lipinski definition) is 3. The van der Waals surface area contributed by atoms with Gasteiger partial charge in [-0.2, -0.15) is 0 Å². The first-order chi connectivity index (χ1) is 11.9. The normalized spacial score (nSPS) is 11.5. The molecule has 5 nitrogen and oxygen atoms in total. The first kappa shape index (κ1) is 18.9. The van der Waals surface area contributed by atoms with Crippen LogP contribution in [-0.4, -0.2) is 25.5 Å². The van der Waals surface area contributed by atoms with Gasteiger partial charge in [0.05, 0.1) is 19.7 Å². The zero-order valence-corrected chi connectivity index (χ0v) is 15.4. The number of amides is 2. The van der Waals surface area contributed by atoms with Crippen molar-refractivity contribution >= 4 is 27.7 Å². The monoisotopic (exact) mass is 408 g/mol. The molecule has 0 saturated heterocycles. The Morgan fingerprint density at radius 2 is 1.88 bits per heavy atom. The third kappa shape index (κ3) is 5.29. The van der Waals surface area contributed by atoms with Gasteiger partial charge >= 0.3 is 0 Å². The van der Waals surface area contributed by atoms with Crippen LogP contribution in [0.1, 0.15) is 28.9 Å². The molecule has 2 N–H and O–H groups in total. The summed E-state index contributed by atoms with van der Waals surface area (Å²) in [5.41, 5.74) is 1.06. The number of nitrogens with one attached hydrogen (secondary N) is 2. The Morgan fingerprint density at radius 3 is 2.48 bits per heavy atom. The maximum Gasteiger partial charge on any atom is 0.251 e. The Bertz CT molecular complexity index is 765. The third-order valence-corrected chi connectivity index (χ3v) is 4.10.